The molecule has 3 N–H and O–H groups in total. The molecule has 9 nitrogen and oxygen atoms in total. The number of hydrogen-bond donors (Lipinski definition) is 3. The highest BCUT2D eigenvalue weighted by Crippen LogP contribution is 2.73. The lowest BCUT2D eigenvalue weighted by Gasteiger charge is -2.67. The van der Waals surface area contributed by atoms with Crippen molar-refractivity contribution in [2.24, 2.45) is 52.3 Å². The van der Waals surface area contributed by atoms with Crippen molar-refractivity contribution in [3.63, 3.8) is 0 Å². The van der Waals surface area contributed by atoms with Crippen molar-refractivity contribution in [2.75, 3.05) is 25.1 Å². The molecule has 11 aliphatic rings. The quantitative estimate of drug-likeness (QED) is 0.307. The third-order valence-electron chi connectivity index (χ3n) is 19.8. The predicted molar refractivity (Wildman–Crippen MR) is 201 cm³/mol. The Morgan fingerprint density at radius 2 is 1.82 bits per heavy atom. The lowest BCUT2D eigenvalue weighted by Crippen LogP contribution is -3.00. The summed E-state index contributed by atoms with van der Waals surface area (Å²) in [6, 6.07) is 8.74. The summed E-state index contributed by atoms with van der Waals surface area (Å²) in [5, 5.41) is 37.5. The van der Waals surface area contributed by atoms with Gasteiger partial charge in [0.15, 0.2) is 12.8 Å². The largest absolute Gasteiger partial charge is 1.00 e. The molecule has 5 bridgehead atoms. The summed E-state index contributed by atoms with van der Waals surface area (Å²) in [6.45, 7) is 7.48. The number of para-hydroxylation sites is 1. The Balaban J connectivity index is 0.00000372. The number of ether oxygens (including phenoxy) is 2. The van der Waals surface area contributed by atoms with Crippen LogP contribution >= 0.6 is 0 Å². The summed E-state index contributed by atoms with van der Waals surface area (Å²) >= 11 is 0. The molecule has 0 radical (unpaired) electrons. The maximum Gasteiger partial charge on any atom is 0.362 e. The fourth-order valence-electron chi connectivity index (χ4n) is 17.6. The Hall–Kier alpha value is -1.98. The highest BCUT2D eigenvalue weighted by Gasteiger charge is 2.83. The fourth-order valence-corrected chi connectivity index (χ4v) is 17.6. The molecule has 55 heavy (non-hydrogen) atoms. The zero-order chi connectivity index (χ0) is 37.3. The van der Waals surface area contributed by atoms with E-state index in [1.54, 1.807) is 6.08 Å². The van der Waals surface area contributed by atoms with Gasteiger partial charge in [-0.3, -0.25) is 4.48 Å². The molecule has 6 heterocycles. The third kappa shape index (κ3) is 4.30. The summed E-state index contributed by atoms with van der Waals surface area (Å²) in [6.07, 6.45) is 11.5. The Morgan fingerprint density at radius 3 is 2.58 bits per heavy atom. The summed E-state index contributed by atoms with van der Waals surface area (Å²) in [7, 11) is 2.17. The number of piperidine rings is 4. The number of likely N-dealkylation sites (N-methyl/N-ethyl adjacent to an activating group) is 1. The molecule has 9 fully saturated rings. The highest BCUT2D eigenvalue weighted by molar-refractivity contribution is 5.85. The number of aliphatic hydroxyl groups is 3. The van der Waals surface area contributed by atoms with Crippen LogP contribution in [-0.4, -0.2) is 94.1 Å². The van der Waals surface area contributed by atoms with Crippen molar-refractivity contribution in [3.8, 4) is 0 Å². The van der Waals surface area contributed by atoms with Crippen molar-refractivity contribution in [1.29, 1.82) is 0 Å². The van der Waals surface area contributed by atoms with Gasteiger partial charge in [0.2, 0.25) is 0 Å². The number of fused-ring (bicyclic) bond motifs is 7. The molecular formula is C45H61BrN2O7. The average Bonchev–Trinajstić information content (AvgIpc) is 3.83. The molecule has 12 rings (SSSR count). The predicted octanol–water partition coefficient (Wildman–Crippen LogP) is 2.24. The summed E-state index contributed by atoms with van der Waals surface area (Å²) in [4.78, 5) is 28.8. The van der Waals surface area contributed by atoms with E-state index in [2.05, 4.69) is 57.0 Å². The van der Waals surface area contributed by atoms with E-state index in [4.69, 9.17) is 9.47 Å². The number of hydrogen-bond acceptors (Lipinski definition) is 8. The summed E-state index contributed by atoms with van der Waals surface area (Å²) < 4.78 is 12.3. The Labute approximate surface area is 336 Å². The van der Waals surface area contributed by atoms with E-state index < -0.39 is 17.9 Å². The van der Waals surface area contributed by atoms with Gasteiger partial charge in [0.05, 0.1) is 29.2 Å². The third-order valence-corrected chi connectivity index (χ3v) is 19.8. The maximum absolute atomic E-state index is 14.5. The molecule has 18 atom stereocenters. The van der Waals surface area contributed by atoms with E-state index in [9.17, 15) is 24.9 Å². The second-order valence-electron chi connectivity index (χ2n) is 20.7. The summed E-state index contributed by atoms with van der Waals surface area (Å²) in [5.74, 6) is 1.32. The fraction of sp³-hybridized carbons (Fsp3) is 0.778. The van der Waals surface area contributed by atoms with Crippen LogP contribution in [0.1, 0.15) is 103 Å². The smallest absolute Gasteiger partial charge is 0.362 e. The molecule has 5 saturated carbocycles. The van der Waals surface area contributed by atoms with Gasteiger partial charge in [-0.05, 0) is 116 Å². The van der Waals surface area contributed by atoms with Crippen LogP contribution in [0, 0.1) is 52.3 Å². The molecule has 17 unspecified atom stereocenters. The first-order chi connectivity index (χ1) is 25.8. The van der Waals surface area contributed by atoms with Gasteiger partial charge in [0.1, 0.15) is 18.8 Å². The maximum atomic E-state index is 14.5. The molecule has 4 saturated heterocycles. The lowest BCUT2D eigenvalue weighted by molar-refractivity contribution is -1.03. The number of halogens is 1. The number of carbonyl (C=O) groups excluding carboxylic acids is 2. The van der Waals surface area contributed by atoms with Gasteiger partial charge in [-0.2, -0.15) is 0 Å². The second kappa shape index (κ2) is 12.0. The molecule has 1 aromatic rings. The SMILES string of the molecule is CCC1C2CC3C4N(C)c5ccccc5C45CC(C2C5O)[N+]3(CC(=O)OC2CCC3(C)C(CCC4C3CCC3(C)C(C5=CC(=O)OC5)CCC43O)C2)[C@@H]1O.[Br-]. The number of nitrogens with zero attached hydrogens (tertiary/aromatic N) is 2. The number of carbonyl (C=O) groups is 2. The van der Waals surface area contributed by atoms with Crippen LogP contribution in [-0.2, 0) is 24.5 Å². The monoisotopic (exact) mass is 820 g/mol. The van der Waals surface area contributed by atoms with Crippen molar-refractivity contribution in [3.05, 3.63) is 41.5 Å². The van der Waals surface area contributed by atoms with Gasteiger partial charge in [-0.25, -0.2) is 9.59 Å². The summed E-state index contributed by atoms with van der Waals surface area (Å²) in [5.41, 5.74) is 2.28. The van der Waals surface area contributed by atoms with Gasteiger partial charge in [-0.1, -0.05) is 39.0 Å². The Bertz CT molecular complexity index is 1840. The van der Waals surface area contributed by atoms with E-state index in [0.29, 0.717) is 22.9 Å². The van der Waals surface area contributed by atoms with Crippen molar-refractivity contribution in [1.82, 2.24) is 0 Å². The molecule has 6 aliphatic heterocycles. The van der Waals surface area contributed by atoms with E-state index in [0.717, 1.165) is 82.6 Å². The zero-order valence-electron chi connectivity index (χ0n) is 33.0. The van der Waals surface area contributed by atoms with Gasteiger partial charge >= 0.3 is 11.9 Å². The first kappa shape index (κ1) is 37.3. The number of cyclic esters (lactones) is 1. The minimum absolute atomic E-state index is 0. The standard InChI is InChI=1S/C45H61N2O7.BrH/c1-5-27-28-20-34-39-44(32-8-6-7-9-33(32)46(39)4)21-35(38(28)40(44)50)47(34,41(27)51)22-37(49)54-26-12-15-42(2)25(19-26)10-11-31-30(42)13-16-43(3)29(14-17-45(31,43)52)24-18-36(48)53-23-24;/h6-9,18,25-31,34-35,38-41,50-52H,5,10-17,19-23H2,1-4H3;1H/q+1;/p-1/t25?,26?,27?,28?,29?,30?,31?,34?,35?,38?,39?,40?,41-,42?,43?,44?,45?,47?;/m1./s1. The van der Waals surface area contributed by atoms with Crippen LogP contribution in [0.5, 0.6) is 0 Å². The van der Waals surface area contributed by atoms with Crippen LogP contribution < -0.4 is 21.9 Å². The van der Waals surface area contributed by atoms with Gasteiger partial charge in [0, 0.05) is 48.9 Å². The molecule has 300 valence electrons. The molecule has 1 aromatic carbocycles. The van der Waals surface area contributed by atoms with Crippen molar-refractivity contribution < 1.29 is 55.8 Å². The minimum Gasteiger partial charge on any atom is -1.00 e. The lowest BCUT2D eigenvalue weighted by atomic mass is 9.43. The average molecular weight is 822 g/mol. The van der Waals surface area contributed by atoms with Crippen molar-refractivity contribution >= 4 is 17.6 Å². The van der Waals surface area contributed by atoms with Gasteiger partial charge < -0.3 is 46.7 Å². The number of anilines is 1. The van der Waals surface area contributed by atoms with E-state index in [1.165, 1.54) is 11.3 Å². The number of benzene rings is 1. The van der Waals surface area contributed by atoms with Crippen molar-refractivity contribution in [2.45, 2.75) is 145 Å². The van der Waals surface area contributed by atoms with Crippen LogP contribution in [0.4, 0.5) is 5.69 Å². The first-order valence-corrected chi connectivity index (χ1v) is 21.7. The minimum atomic E-state index is -0.739. The number of aliphatic hydroxyl groups excluding tert-OH is 2. The molecular weight excluding hydrogens is 760 g/mol. The van der Waals surface area contributed by atoms with Crippen LogP contribution in [0.25, 0.3) is 0 Å². The van der Waals surface area contributed by atoms with Gasteiger partial charge in [0.25, 0.3) is 0 Å². The Kier molecular flexibility index (Phi) is 8.17. The second-order valence-corrected chi connectivity index (χ2v) is 20.7. The van der Waals surface area contributed by atoms with E-state index >= 15 is 0 Å². The first-order valence-electron chi connectivity index (χ1n) is 21.7. The molecule has 10 heteroatoms. The van der Waals surface area contributed by atoms with E-state index in [-0.39, 0.29) is 106 Å². The molecule has 1 spiro atoms. The molecule has 0 amide bonds. The molecule has 5 aliphatic carbocycles. The highest BCUT2D eigenvalue weighted by atomic mass is 79.9. The van der Waals surface area contributed by atoms with Crippen LogP contribution in [0.3, 0.4) is 0 Å². The number of quaternary nitrogens is 1. The van der Waals surface area contributed by atoms with Crippen LogP contribution in [0.2, 0.25) is 0 Å². The normalized spacial score (nSPS) is 53.4. The Morgan fingerprint density at radius 1 is 1.02 bits per heavy atom. The molecule has 0 aromatic heterocycles. The van der Waals surface area contributed by atoms with E-state index in [1.807, 2.05) is 0 Å². The number of esters is 2. The topological polar surface area (TPSA) is 117 Å². The zero-order valence-corrected chi connectivity index (χ0v) is 34.6. The van der Waals surface area contributed by atoms with Crippen LogP contribution in [0.15, 0.2) is 35.9 Å². The van der Waals surface area contributed by atoms with Gasteiger partial charge in [-0.15, -0.1) is 0 Å². The number of rotatable bonds is 5.